The smallest absolute Gasteiger partial charge is 0.339 e. The predicted octanol–water partition coefficient (Wildman–Crippen LogP) is 4.17. The van der Waals surface area contributed by atoms with Gasteiger partial charge in [0.25, 0.3) is 11.8 Å². The molecule has 0 saturated carbocycles. The fraction of sp³-hybridized carbons (Fsp3) is 0.367. The van der Waals surface area contributed by atoms with Crippen LogP contribution in [0, 0.1) is 5.92 Å². The van der Waals surface area contributed by atoms with E-state index in [-0.39, 0.29) is 39.1 Å². The molecule has 0 aliphatic carbocycles. The van der Waals surface area contributed by atoms with Gasteiger partial charge in [0.15, 0.2) is 5.82 Å². The summed E-state index contributed by atoms with van der Waals surface area (Å²) >= 11 is 6.47. The third-order valence-electron chi connectivity index (χ3n) is 8.33. The van der Waals surface area contributed by atoms with E-state index in [1.807, 2.05) is 5.10 Å². The molecule has 15 heteroatoms. The van der Waals surface area contributed by atoms with Crippen LogP contribution in [0.5, 0.6) is 0 Å². The number of anilines is 1. The fourth-order valence-corrected chi connectivity index (χ4v) is 6.08. The summed E-state index contributed by atoms with van der Waals surface area (Å²) in [7, 11) is 1.58. The van der Waals surface area contributed by atoms with E-state index in [2.05, 4.69) is 20.7 Å². The molecule has 3 N–H and O–H groups in total. The highest BCUT2D eigenvalue weighted by Crippen LogP contribution is 2.35. The largest absolute Gasteiger partial charge is 0.433 e. The number of imidazole rings is 1. The van der Waals surface area contributed by atoms with Crippen LogP contribution >= 0.6 is 11.6 Å². The Morgan fingerprint density at radius 1 is 1.07 bits per heavy atom. The maximum absolute atomic E-state index is 13.4. The Hall–Kier alpha value is -4.43. The third kappa shape index (κ3) is 6.25. The lowest BCUT2D eigenvalue weighted by Gasteiger charge is -2.35. The van der Waals surface area contributed by atoms with Gasteiger partial charge in [0, 0.05) is 56.3 Å². The molecule has 2 aromatic heterocycles. The van der Waals surface area contributed by atoms with Crippen molar-refractivity contribution in [3.63, 3.8) is 0 Å². The quantitative estimate of drug-likeness (QED) is 0.290. The minimum Gasteiger partial charge on any atom is -0.339 e. The first-order valence-electron chi connectivity index (χ1n) is 14.5. The van der Waals surface area contributed by atoms with Crippen molar-refractivity contribution in [1.29, 1.82) is 0 Å². The molecule has 236 valence electrons. The number of piperazine rings is 1. The molecule has 0 spiro atoms. The monoisotopic (exact) mass is 642 g/mol. The van der Waals surface area contributed by atoms with Crippen LogP contribution < -0.4 is 10.6 Å². The molecule has 0 radical (unpaired) electrons. The molecule has 4 aromatic rings. The number of benzene rings is 2. The lowest BCUT2D eigenvalue weighted by atomic mass is 10.0. The zero-order valence-electron chi connectivity index (χ0n) is 24.2. The SMILES string of the molecule is Cn1c(-c2ccc3n[nH]c(C(F)(F)F)c3c2)cnc1C(=O)Nc1ccc(C(=O)N2CCN(C(=O)C[C@@H]3CCNC3)CC2)c(Cl)c1. The van der Waals surface area contributed by atoms with Gasteiger partial charge in [-0.3, -0.25) is 19.5 Å². The van der Waals surface area contributed by atoms with Crippen LogP contribution in [0.2, 0.25) is 5.02 Å². The Morgan fingerprint density at radius 3 is 2.51 bits per heavy atom. The standard InChI is InChI=1S/C30H30ClF3N8O3/c1-40-24(18-2-5-23-21(13-18)26(39-38-23)30(32,33)34)16-36-27(40)28(44)37-19-3-4-20(22(31)14-19)29(45)42-10-8-41(9-11-42)25(43)12-17-6-7-35-15-17/h2-5,13-14,16-17,35H,6-12,15H2,1H3,(H,37,44)(H,38,39)/t17-/m0/s1. The van der Waals surface area contributed by atoms with Gasteiger partial charge in [-0.1, -0.05) is 17.7 Å². The minimum absolute atomic E-state index is 0.0150. The number of fused-ring (bicyclic) bond motifs is 1. The first-order valence-corrected chi connectivity index (χ1v) is 14.8. The van der Waals surface area contributed by atoms with Crippen molar-refractivity contribution in [2.45, 2.75) is 19.0 Å². The van der Waals surface area contributed by atoms with Crippen molar-refractivity contribution in [3.8, 4) is 11.3 Å². The number of hydrogen-bond acceptors (Lipinski definition) is 6. The second-order valence-corrected chi connectivity index (χ2v) is 11.6. The summed E-state index contributed by atoms with van der Waals surface area (Å²) in [4.78, 5) is 46.6. The van der Waals surface area contributed by atoms with Crippen LogP contribution in [0.15, 0.2) is 42.6 Å². The Labute approximate surface area is 260 Å². The molecule has 0 unspecified atom stereocenters. The van der Waals surface area contributed by atoms with Crippen LogP contribution in [-0.2, 0) is 18.0 Å². The van der Waals surface area contributed by atoms with E-state index in [0.717, 1.165) is 19.5 Å². The van der Waals surface area contributed by atoms with E-state index < -0.39 is 17.8 Å². The number of carbonyl (C=O) groups excluding carboxylic acids is 3. The maximum atomic E-state index is 13.4. The van der Waals surface area contributed by atoms with Gasteiger partial charge in [-0.05, 0) is 55.8 Å². The van der Waals surface area contributed by atoms with Crippen LogP contribution in [0.4, 0.5) is 18.9 Å². The third-order valence-corrected chi connectivity index (χ3v) is 8.64. The minimum atomic E-state index is -4.60. The van der Waals surface area contributed by atoms with Gasteiger partial charge in [-0.2, -0.15) is 18.3 Å². The van der Waals surface area contributed by atoms with Crippen molar-refractivity contribution in [2.75, 3.05) is 44.6 Å². The van der Waals surface area contributed by atoms with Crippen molar-refractivity contribution >= 4 is 45.9 Å². The summed E-state index contributed by atoms with van der Waals surface area (Å²) in [5, 5.41) is 11.8. The molecule has 2 saturated heterocycles. The van der Waals surface area contributed by atoms with Gasteiger partial charge in [-0.25, -0.2) is 4.98 Å². The average molecular weight is 643 g/mol. The molecular weight excluding hydrogens is 613 g/mol. The van der Waals surface area contributed by atoms with Crippen molar-refractivity contribution in [1.82, 2.24) is 34.9 Å². The molecule has 3 amide bonds. The highest BCUT2D eigenvalue weighted by Gasteiger charge is 2.35. The molecule has 2 aliphatic heterocycles. The number of aromatic nitrogens is 4. The topological polar surface area (TPSA) is 128 Å². The average Bonchev–Trinajstić information content (AvgIpc) is 3.76. The Morgan fingerprint density at radius 2 is 1.82 bits per heavy atom. The van der Waals surface area contributed by atoms with Gasteiger partial charge < -0.3 is 25.0 Å². The summed E-state index contributed by atoms with van der Waals surface area (Å²) < 4.78 is 41.6. The van der Waals surface area contributed by atoms with Gasteiger partial charge in [0.2, 0.25) is 5.91 Å². The van der Waals surface area contributed by atoms with Crippen molar-refractivity contribution in [2.24, 2.45) is 13.0 Å². The first-order chi connectivity index (χ1) is 21.5. The highest BCUT2D eigenvalue weighted by molar-refractivity contribution is 6.34. The molecule has 45 heavy (non-hydrogen) atoms. The summed E-state index contributed by atoms with van der Waals surface area (Å²) in [6, 6.07) is 8.97. The summed E-state index contributed by atoms with van der Waals surface area (Å²) in [5.41, 5.74) is 0.660. The number of amides is 3. The molecule has 11 nitrogen and oxygen atoms in total. The van der Waals surface area contributed by atoms with Crippen LogP contribution in [0.3, 0.4) is 0 Å². The van der Waals surface area contributed by atoms with Crippen molar-refractivity contribution in [3.05, 3.63) is 64.7 Å². The van der Waals surface area contributed by atoms with E-state index in [0.29, 0.717) is 55.5 Å². The van der Waals surface area contributed by atoms with Crippen LogP contribution in [-0.4, -0.2) is 86.5 Å². The normalized spacial score (nSPS) is 17.2. The molecule has 2 fully saturated rings. The van der Waals surface area contributed by atoms with E-state index in [1.54, 1.807) is 29.0 Å². The number of carbonyl (C=O) groups is 3. The number of nitrogens with zero attached hydrogens (tertiary/aromatic N) is 5. The summed E-state index contributed by atoms with van der Waals surface area (Å²) in [5.74, 6) is -0.345. The number of H-pyrrole nitrogens is 1. The molecule has 4 heterocycles. The molecule has 0 bridgehead atoms. The second-order valence-electron chi connectivity index (χ2n) is 11.2. The molecule has 2 aliphatic rings. The van der Waals surface area contributed by atoms with Crippen LogP contribution in [0.25, 0.3) is 22.2 Å². The number of hydrogen-bond donors (Lipinski definition) is 3. The summed E-state index contributed by atoms with van der Waals surface area (Å²) in [6.07, 6.45) is -1.69. The van der Waals surface area contributed by atoms with Crippen molar-refractivity contribution < 1.29 is 27.6 Å². The van der Waals surface area contributed by atoms with Crippen LogP contribution in [0.1, 0.15) is 39.5 Å². The molecule has 2 aromatic carbocycles. The van der Waals surface area contributed by atoms with E-state index in [9.17, 15) is 27.6 Å². The Balaban J connectivity index is 1.10. The number of rotatable bonds is 6. The Bertz CT molecular complexity index is 1770. The number of alkyl halides is 3. The summed E-state index contributed by atoms with van der Waals surface area (Å²) in [6.45, 7) is 3.52. The zero-order chi connectivity index (χ0) is 31.9. The van der Waals surface area contributed by atoms with Gasteiger partial charge in [-0.15, -0.1) is 0 Å². The molecular formula is C30H30ClF3N8O3. The number of nitrogens with one attached hydrogen (secondary N) is 3. The van der Waals surface area contributed by atoms with Gasteiger partial charge in [0.1, 0.15) is 5.69 Å². The predicted molar refractivity (Wildman–Crippen MR) is 161 cm³/mol. The number of aromatic amines is 1. The lowest BCUT2D eigenvalue weighted by Crippen LogP contribution is -2.51. The van der Waals surface area contributed by atoms with Gasteiger partial charge in [0.05, 0.1) is 28.0 Å². The first kappa shape index (κ1) is 30.6. The van der Waals surface area contributed by atoms with Gasteiger partial charge >= 0.3 is 6.18 Å². The van der Waals surface area contributed by atoms with E-state index in [4.69, 9.17) is 11.6 Å². The second kappa shape index (κ2) is 12.2. The molecule has 6 rings (SSSR count). The van der Waals surface area contributed by atoms with E-state index in [1.165, 1.54) is 35.0 Å². The lowest BCUT2D eigenvalue weighted by molar-refractivity contribution is -0.140. The molecule has 1 atom stereocenters. The zero-order valence-corrected chi connectivity index (χ0v) is 25.0. The maximum Gasteiger partial charge on any atom is 0.433 e. The Kier molecular flexibility index (Phi) is 8.27. The number of halogens is 4. The van der Waals surface area contributed by atoms with E-state index >= 15 is 0 Å². The highest BCUT2D eigenvalue weighted by atomic mass is 35.5. The fourth-order valence-electron chi connectivity index (χ4n) is 5.82.